The quantitative estimate of drug-likeness (QED) is 0.884. The number of benzene rings is 1. The number of nitrogens with zero attached hydrogens (tertiary/aromatic N) is 3. The zero-order valence-corrected chi connectivity index (χ0v) is 11.1. The second-order valence-electron chi connectivity index (χ2n) is 4.87. The van der Waals surface area contributed by atoms with Crippen LogP contribution in [-0.2, 0) is 0 Å². The van der Waals surface area contributed by atoms with Gasteiger partial charge in [-0.2, -0.15) is 5.10 Å². The van der Waals surface area contributed by atoms with Crippen LogP contribution in [0.4, 0.5) is 0 Å². The van der Waals surface area contributed by atoms with Gasteiger partial charge in [-0.1, -0.05) is 19.1 Å². The maximum atomic E-state index is 12.6. The van der Waals surface area contributed by atoms with Crippen LogP contribution in [0.15, 0.2) is 24.4 Å². The molecule has 0 unspecified atom stereocenters. The molecule has 0 saturated carbocycles. The molecule has 2 heterocycles. The summed E-state index contributed by atoms with van der Waals surface area (Å²) in [5, 5.41) is 7.92. The van der Waals surface area contributed by atoms with Crippen LogP contribution < -0.4 is 0 Å². The van der Waals surface area contributed by atoms with E-state index in [1.54, 1.807) is 6.20 Å². The van der Waals surface area contributed by atoms with E-state index in [4.69, 9.17) is 0 Å². The van der Waals surface area contributed by atoms with Crippen molar-refractivity contribution in [3.63, 3.8) is 0 Å². The van der Waals surface area contributed by atoms with Gasteiger partial charge in [0.05, 0.1) is 17.3 Å². The summed E-state index contributed by atoms with van der Waals surface area (Å²) in [5.74, 6) is 0.102. The minimum absolute atomic E-state index is 0.102. The molecule has 1 aromatic heterocycles. The Morgan fingerprint density at radius 2 is 2.11 bits per heavy atom. The minimum atomic E-state index is 0.102. The van der Waals surface area contributed by atoms with E-state index >= 15 is 0 Å². The van der Waals surface area contributed by atoms with E-state index in [9.17, 15) is 4.79 Å². The summed E-state index contributed by atoms with van der Waals surface area (Å²) >= 11 is 0. The van der Waals surface area contributed by atoms with E-state index in [1.165, 1.54) is 0 Å². The highest BCUT2D eigenvalue weighted by molar-refractivity contribution is 6.05. The summed E-state index contributed by atoms with van der Waals surface area (Å²) in [6.45, 7) is 6.73. The first kappa shape index (κ1) is 12.2. The standard InChI is InChI=1S/C14H18N4O/c1-2-17-6-8-18(9-7-17)14(19)12-5-3-4-11-10-15-16-13(11)12/h3-5,10H,2,6-9H2,1H3,(H,15,16). The molecule has 0 atom stereocenters. The number of rotatable bonds is 2. The Morgan fingerprint density at radius 3 is 2.84 bits per heavy atom. The minimum Gasteiger partial charge on any atom is -0.336 e. The Balaban J connectivity index is 1.82. The first-order valence-electron chi connectivity index (χ1n) is 6.73. The molecule has 1 fully saturated rings. The van der Waals surface area contributed by atoms with Gasteiger partial charge in [0.15, 0.2) is 0 Å². The molecular weight excluding hydrogens is 240 g/mol. The molecule has 0 spiro atoms. The van der Waals surface area contributed by atoms with Crippen molar-refractivity contribution < 1.29 is 4.79 Å². The summed E-state index contributed by atoms with van der Waals surface area (Å²) in [6.07, 6.45) is 1.75. The van der Waals surface area contributed by atoms with E-state index in [1.807, 2.05) is 23.1 Å². The number of aromatic nitrogens is 2. The van der Waals surface area contributed by atoms with Crippen LogP contribution in [0.25, 0.3) is 10.9 Å². The van der Waals surface area contributed by atoms with Crippen molar-refractivity contribution in [3.05, 3.63) is 30.0 Å². The van der Waals surface area contributed by atoms with Gasteiger partial charge in [-0.3, -0.25) is 9.89 Å². The van der Waals surface area contributed by atoms with Gasteiger partial charge in [0.2, 0.25) is 0 Å². The number of amides is 1. The molecule has 19 heavy (non-hydrogen) atoms. The monoisotopic (exact) mass is 258 g/mol. The number of hydrogen-bond acceptors (Lipinski definition) is 3. The summed E-state index contributed by atoms with van der Waals surface area (Å²) in [5.41, 5.74) is 1.56. The Labute approximate surface area is 112 Å². The Morgan fingerprint density at radius 1 is 1.32 bits per heavy atom. The van der Waals surface area contributed by atoms with Crippen molar-refractivity contribution in [3.8, 4) is 0 Å². The predicted molar refractivity (Wildman–Crippen MR) is 74.1 cm³/mol. The number of fused-ring (bicyclic) bond motifs is 1. The van der Waals surface area contributed by atoms with Gasteiger partial charge in [0, 0.05) is 31.6 Å². The van der Waals surface area contributed by atoms with Crippen molar-refractivity contribution in [2.75, 3.05) is 32.7 Å². The molecule has 1 N–H and O–H groups in total. The average Bonchev–Trinajstić information content (AvgIpc) is 2.95. The Bertz CT molecular complexity index is 584. The Kier molecular flexibility index (Phi) is 3.21. The topological polar surface area (TPSA) is 52.2 Å². The summed E-state index contributed by atoms with van der Waals surface area (Å²) < 4.78 is 0. The molecule has 5 nitrogen and oxygen atoms in total. The number of hydrogen-bond donors (Lipinski definition) is 1. The predicted octanol–water partition coefficient (Wildman–Crippen LogP) is 1.34. The maximum Gasteiger partial charge on any atom is 0.256 e. The van der Waals surface area contributed by atoms with Gasteiger partial charge in [-0.25, -0.2) is 0 Å². The van der Waals surface area contributed by atoms with Crippen LogP contribution in [0, 0.1) is 0 Å². The fourth-order valence-corrected chi connectivity index (χ4v) is 2.58. The van der Waals surface area contributed by atoms with Gasteiger partial charge >= 0.3 is 0 Å². The molecule has 1 amide bonds. The van der Waals surface area contributed by atoms with Gasteiger partial charge in [-0.05, 0) is 12.6 Å². The maximum absolute atomic E-state index is 12.6. The molecule has 2 aromatic rings. The largest absolute Gasteiger partial charge is 0.336 e. The summed E-state index contributed by atoms with van der Waals surface area (Å²) in [6, 6.07) is 5.74. The molecule has 0 bridgehead atoms. The number of carbonyl (C=O) groups is 1. The van der Waals surface area contributed by atoms with Crippen molar-refractivity contribution in [2.45, 2.75) is 6.92 Å². The number of piperazine rings is 1. The van der Waals surface area contributed by atoms with Crippen molar-refractivity contribution in [1.82, 2.24) is 20.0 Å². The first-order chi connectivity index (χ1) is 9.29. The van der Waals surface area contributed by atoms with Crippen LogP contribution in [0.5, 0.6) is 0 Å². The average molecular weight is 258 g/mol. The van der Waals surface area contributed by atoms with E-state index in [0.717, 1.165) is 49.2 Å². The highest BCUT2D eigenvalue weighted by atomic mass is 16.2. The van der Waals surface area contributed by atoms with Crippen LogP contribution in [0.2, 0.25) is 0 Å². The number of aromatic amines is 1. The SMILES string of the molecule is CCN1CCN(C(=O)c2cccc3cn[nH]c23)CC1. The van der Waals surface area contributed by atoms with Crippen LogP contribution in [0.1, 0.15) is 17.3 Å². The third-order valence-electron chi connectivity index (χ3n) is 3.81. The van der Waals surface area contributed by atoms with Gasteiger partial charge < -0.3 is 9.80 Å². The number of para-hydroxylation sites is 1. The molecule has 3 rings (SSSR count). The normalized spacial score (nSPS) is 17.0. The van der Waals surface area contributed by atoms with Crippen molar-refractivity contribution in [2.24, 2.45) is 0 Å². The zero-order valence-electron chi connectivity index (χ0n) is 11.1. The zero-order chi connectivity index (χ0) is 13.2. The van der Waals surface area contributed by atoms with Gasteiger partial charge in [0.1, 0.15) is 0 Å². The lowest BCUT2D eigenvalue weighted by Crippen LogP contribution is -2.48. The van der Waals surface area contributed by atoms with Crippen LogP contribution >= 0.6 is 0 Å². The first-order valence-corrected chi connectivity index (χ1v) is 6.73. The molecule has 1 saturated heterocycles. The molecule has 1 aliphatic heterocycles. The third kappa shape index (κ3) is 2.21. The van der Waals surface area contributed by atoms with Crippen LogP contribution in [0.3, 0.4) is 0 Å². The highest BCUT2D eigenvalue weighted by Crippen LogP contribution is 2.18. The van der Waals surface area contributed by atoms with E-state index in [0.29, 0.717) is 0 Å². The number of H-pyrrole nitrogens is 1. The second kappa shape index (κ2) is 5.01. The Hall–Kier alpha value is -1.88. The van der Waals surface area contributed by atoms with Crippen molar-refractivity contribution >= 4 is 16.8 Å². The van der Waals surface area contributed by atoms with Gasteiger partial charge in [0.25, 0.3) is 5.91 Å². The number of carbonyl (C=O) groups excluding carboxylic acids is 1. The number of nitrogens with one attached hydrogen (secondary N) is 1. The molecular formula is C14H18N4O. The smallest absolute Gasteiger partial charge is 0.256 e. The number of likely N-dealkylation sites (N-methyl/N-ethyl adjacent to an activating group) is 1. The van der Waals surface area contributed by atoms with E-state index in [2.05, 4.69) is 22.0 Å². The fraction of sp³-hybridized carbons (Fsp3) is 0.429. The van der Waals surface area contributed by atoms with Crippen molar-refractivity contribution in [1.29, 1.82) is 0 Å². The summed E-state index contributed by atoms with van der Waals surface area (Å²) in [4.78, 5) is 16.9. The van der Waals surface area contributed by atoms with Crippen LogP contribution in [-0.4, -0.2) is 58.6 Å². The molecule has 1 aliphatic rings. The molecule has 0 radical (unpaired) electrons. The fourth-order valence-electron chi connectivity index (χ4n) is 2.58. The highest BCUT2D eigenvalue weighted by Gasteiger charge is 2.22. The molecule has 100 valence electrons. The lowest BCUT2D eigenvalue weighted by atomic mass is 10.1. The lowest BCUT2D eigenvalue weighted by Gasteiger charge is -2.34. The molecule has 5 heteroatoms. The summed E-state index contributed by atoms with van der Waals surface area (Å²) in [7, 11) is 0. The molecule has 0 aliphatic carbocycles. The second-order valence-corrected chi connectivity index (χ2v) is 4.87. The lowest BCUT2D eigenvalue weighted by molar-refractivity contribution is 0.0645. The van der Waals surface area contributed by atoms with E-state index in [-0.39, 0.29) is 5.91 Å². The molecule has 1 aromatic carbocycles. The van der Waals surface area contributed by atoms with Gasteiger partial charge in [-0.15, -0.1) is 0 Å². The van der Waals surface area contributed by atoms with E-state index < -0.39 is 0 Å². The third-order valence-corrected chi connectivity index (χ3v) is 3.81.